The van der Waals surface area contributed by atoms with Gasteiger partial charge in [-0.2, -0.15) is 0 Å². The predicted molar refractivity (Wildman–Crippen MR) is 111 cm³/mol. The van der Waals surface area contributed by atoms with Crippen LogP contribution in [0.5, 0.6) is 11.5 Å². The molecule has 8 heteroatoms. The number of carbonyl (C=O) groups is 2. The van der Waals surface area contributed by atoms with E-state index in [4.69, 9.17) is 32.7 Å². The Balaban J connectivity index is 1.88. The molecule has 0 radical (unpaired) electrons. The molecular weight excluding hydrogens is 403 g/mol. The average molecular weight is 419 g/mol. The molecule has 0 atom stereocenters. The molecule has 0 aliphatic heterocycles. The summed E-state index contributed by atoms with van der Waals surface area (Å²) in [6.07, 6.45) is 3.51. The molecule has 2 aromatic carbocycles. The molecule has 0 aliphatic carbocycles. The van der Waals surface area contributed by atoms with Crippen LogP contribution in [0.15, 0.2) is 36.4 Å². The summed E-state index contributed by atoms with van der Waals surface area (Å²) in [4.78, 5) is 26.7. The highest BCUT2D eigenvalue weighted by Crippen LogP contribution is 2.33. The number of aromatic amines is 1. The van der Waals surface area contributed by atoms with Gasteiger partial charge in [-0.1, -0.05) is 23.2 Å². The Bertz CT molecular complexity index is 1090. The molecule has 1 heterocycles. The second-order valence-corrected chi connectivity index (χ2v) is 6.62. The molecule has 3 aromatic rings. The number of H-pyrrole nitrogens is 1. The summed E-state index contributed by atoms with van der Waals surface area (Å²) in [5.41, 5.74) is 1.95. The molecule has 0 fully saturated rings. The van der Waals surface area contributed by atoms with Gasteiger partial charge in [0, 0.05) is 39.3 Å². The number of aldehydes is 1. The van der Waals surface area contributed by atoms with Crippen LogP contribution in [-0.2, 0) is 4.79 Å². The molecule has 0 aliphatic rings. The molecule has 28 heavy (non-hydrogen) atoms. The van der Waals surface area contributed by atoms with Gasteiger partial charge in [0.15, 0.2) is 17.8 Å². The third kappa shape index (κ3) is 3.98. The van der Waals surface area contributed by atoms with Gasteiger partial charge >= 0.3 is 0 Å². The largest absolute Gasteiger partial charge is 0.493 e. The number of anilines is 1. The van der Waals surface area contributed by atoms with Gasteiger partial charge in [0.1, 0.15) is 0 Å². The van der Waals surface area contributed by atoms with Gasteiger partial charge in [0.25, 0.3) is 0 Å². The highest BCUT2D eigenvalue weighted by atomic mass is 35.5. The van der Waals surface area contributed by atoms with Crippen molar-refractivity contribution >= 4 is 58.1 Å². The van der Waals surface area contributed by atoms with Crippen LogP contribution in [0, 0.1) is 0 Å². The van der Waals surface area contributed by atoms with E-state index in [0.717, 1.165) is 0 Å². The SMILES string of the molecule is COc1ccc(NC(=O)/C=C/c2c(C=O)[nH]c3cc(Cl)cc(Cl)c23)cc1OC. The van der Waals surface area contributed by atoms with E-state index in [1.54, 1.807) is 30.3 Å². The summed E-state index contributed by atoms with van der Waals surface area (Å²) in [6, 6.07) is 8.26. The Hall–Kier alpha value is -2.96. The first-order chi connectivity index (χ1) is 13.5. The normalized spacial score (nSPS) is 11.0. The van der Waals surface area contributed by atoms with Gasteiger partial charge in [0.2, 0.25) is 5.91 Å². The van der Waals surface area contributed by atoms with Crippen LogP contribution in [0.1, 0.15) is 16.1 Å². The minimum Gasteiger partial charge on any atom is -0.493 e. The lowest BCUT2D eigenvalue weighted by Crippen LogP contribution is -2.08. The fourth-order valence-electron chi connectivity index (χ4n) is 2.82. The van der Waals surface area contributed by atoms with Crippen molar-refractivity contribution in [2.24, 2.45) is 0 Å². The van der Waals surface area contributed by atoms with E-state index in [1.807, 2.05) is 0 Å². The highest BCUT2D eigenvalue weighted by Gasteiger charge is 2.13. The fourth-order valence-corrected chi connectivity index (χ4v) is 3.41. The number of hydrogen-bond donors (Lipinski definition) is 2. The molecule has 2 N–H and O–H groups in total. The number of methoxy groups -OCH3 is 2. The van der Waals surface area contributed by atoms with Crippen LogP contribution in [0.2, 0.25) is 10.0 Å². The summed E-state index contributed by atoms with van der Waals surface area (Å²) in [7, 11) is 3.04. The number of amides is 1. The Morgan fingerprint density at radius 2 is 1.86 bits per heavy atom. The molecule has 0 bridgehead atoms. The Morgan fingerprint density at radius 1 is 1.11 bits per heavy atom. The maximum absolute atomic E-state index is 12.3. The van der Waals surface area contributed by atoms with Gasteiger partial charge in [-0.3, -0.25) is 9.59 Å². The highest BCUT2D eigenvalue weighted by molar-refractivity contribution is 6.39. The summed E-state index contributed by atoms with van der Waals surface area (Å²) in [6.45, 7) is 0. The topological polar surface area (TPSA) is 80.4 Å². The van der Waals surface area contributed by atoms with Crippen LogP contribution >= 0.6 is 23.2 Å². The third-order valence-electron chi connectivity index (χ3n) is 4.05. The van der Waals surface area contributed by atoms with Crippen LogP contribution in [0.3, 0.4) is 0 Å². The van der Waals surface area contributed by atoms with Crippen LogP contribution < -0.4 is 14.8 Å². The second-order valence-electron chi connectivity index (χ2n) is 5.77. The summed E-state index contributed by atoms with van der Waals surface area (Å²) in [5.74, 6) is 0.662. The number of carbonyl (C=O) groups excluding carboxylic acids is 2. The third-order valence-corrected chi connectivity index (χ3v) is 4.57. The summed E-state index contributed by atoms with van der Waals surface area (Å²) >= 11 is 12.3. The number of benzene rings is 2. The van der Waals surface area contributed by atoms with Crippen molar-refractivity contribution in [3.8, 4) is 11.5 Å². The lowest BCUT2D eigenvalue weighted by atomic mass is 10.1. The maximum Gasteiger partial charge on any atom is 0.248 e. The minimum atomic E-state index is -0.386. The first-order valence-corrected chi connectivity index (χ1v) is 8.89. The van der Waals surface area contributed by atoms with E-state index < -0.39 is 0 Å². The van der Waals surface area contributed by atoms with E-state index in [2.05, 4.69) is 10.3 Å². The molecule has 3 rings (SSSR count). The van der Waals surface area contributed by atoms with Gasteiger partial charge in [-0.05, 0) is 30.3 Å². The second kappa shape index (κ2) is 8.37. The van der Waals surface area contributed by atoms with E-state index in [-0.39, 0.29) is 5.91 Å². The van der Waals surface area contributed by atoms with Crippen molar-refractivity contribution < 1.29 is 19.1 Å². The van der Waals surface area contributed by atoms with Crippen LogP contribution in [0.4, 0.5) is 5.69 Å². The molecule has 1 aromatic heterocycles. The number of rotatable bonds is 6. The van der Waals surface area contributed by atoms with Crippen molar-refractivity contribution in [2.45, 2.75) is 0 Å². The van der Waals surface area contributed by atoms with Crippen molar-refractivity contribution in [1.82, 2.24) is 4.98 Å². The molecule has 0 unspecified atom stereocenters. The van der Waals surface area contributed by atoms with Gasteiger partial charge in [-0.25, -0.2) is 0 Å². The Kier molecular flexibility index (Phi) is 5.92. The number of nitrogens with one attached hydrogen (secondary N) is 2. The van der Waals surface area contributed by atoms with E-state index in [0.29, 0.717) is 55.7 Å². The zero-order valence-corrected chi connectivity index (χ0v) is 16.5. The molecule has 1 amide bonds. The Labute approximate surface area is 171 Å². The lowest BCUT2D eigenvalue weighted by molar-refractivity contribution is -0.111. The molecule has 144 valence electrons. The summed E-state index contributed by atoms with van der Waals surface area (Å²) in [5, 5.41) is 4.16. The van der Waals surface area contributed by atoms with Crippen LogP contribution in [-0.4, -0.2) is 31.4 Å². The summed E-state index contributed by atoms with van der Waals surface area (Å²) < 4.78 is 10.4. The zero-order valence-electron chi connectivity index (χ0n) is 15.0. The van der Waals surface area contributed by atoms with Gasteiger partial charge in [0.05, 0.1) is 24.9 Å². The fraction of sp³-hybridized carbons (Fsp3) is 0.100. The van der Waals surface area contributed by atoms with Crippen molar-refractivity contribution in [1.29, 1.82) is 0 Å². The molecule has 6 nitrogen and oxygen atoms in total. The average Bonchev–Trinajstić information content (AvgIpc) is 3.03. The Morgan fingerprint density at radius 3 is 2.54 bits per heavy atom. The number of halogens is 2. The van der Waals surface area contributed by atoms with Gasteiger partial charge in [-0.15, -0.1) is 0 Å². The molecule has 0 spiro atoms. The molecular formula is C20H16Cl2N2O4. The van der Waals surface area contributed by atoms with Crippen molar-refractivity contribution in [3.63, 3.8) is 0 Å². The minimum absolute atomic E-state index is 0.300. The number of aromatic nitrogens is 1. The molecule has 0 saturated heterocycles. The quantitative estimate of drug-likeness (QED) is 0.437. The first-order valence-electron chi connectivity index (χ1n) is 8.13. The van der Waals surface area contributed by atoms with E-state index in [1.165, 1.54) is 26.4 Å². The van der Waals surface area contributed by atoms with Crippen molar-refractivity contribution in [2.75, 3.05) is 19.5 Å². The monoisotopic (exact) mass is 418 g/mol. The first kappa shape index (κ1) is 19.8. The van der Waals surface area contributed by atoms with E-state index in [9.17, 15) is 9.59 Å². The predicted octanol–water partition coefficient (Wildman–Crippen LogP) is 4.96. The number of fused-ring (bicyclic) bond motifs is 1. The number of hydrogen-bond acceptors (Lipinski definition) is 4. The smallest absolute Gasteiger partial charge is 0.248 e. The maximum atomic E-state index is 12.3. The van der Waals surface area contributed by atoms with Crippen molar-refractivity contribution in [3.05, 3.63) is 57.7 Å². The zero-order chi connectivity index (χ0) is 20.3. The van der Waals surface area contributed by atoms with E-state index >= 15 is 0 Å². The lowest BCUT2D eigenvalue weighted by Gasteiger charge is -2.09. The van der Waals surface area contributed by atoms with Gasteiger partial charge < -0.3 is 19.8 Å². The van der Waals surface area contributed by atoms with Crippen LogP contribution in [0.25, 0.3) is 17.0 Å². The standard InChI is InChI=1S/C20H16Cl2N2O4/c1-27-17-5-3-12(9-18(17)28-2)23-19(26)6-4-13-16(10-25)24-15-8-11(21)7-14(22)20(13)15/h3-10,24H,1-2H3,(H,23,26)/b6-4+. The number of ether oxygens (including phenoxy) is 2. The molecule has 0 saturated carbocycles.